The molecule has 2 fully saturated rings. The van der Waals surface area contributed by atoms with Crippen molar-refractivity contribution >= 4 is 0 Å². The molecule has 2 rings (SSSR count). The summed E-state index contributed by atoms with van der Waals surface area (Å²) in [5.74, 6) is 1.90. The minimum absolute atomic E-state index is 0.672. The van der Waals surface area contributed by atoms with Crippen molar-refractivity contribution in [3.05, 3.63) is 0 Å². The molecular weight excluding hydrogens is 184 g/mol. The van der Waals surface area contributed by atoms with Crippen LogP contribution in [0, 0.1) is 11.8 Å². The van der Waals surface area contributed by atoms with Crippen LogP contribution in [0.4, 0.5) is 0 Å². The molecule has 2 nitrogen and oxygen atoms in total. The first kappa shape index (κ1) is 11.4. The molecule has 0 aliphatic heterocycles. The molecule has 0 bridgehead atoms. The van der Waals surface area contributed by atoms with Crippen LogP contribution in [0.15, 0.2) is 0 Å². The average molecular weight is 210 g/mol. The lowest BCUT2D eigenvalue weighted by Gasteiger charge is -2.32. The highest BCUT2D eigenvalue weighted by atomic mass is 15.2. The molecule has 0 aromatic carbocycles. The van der Waals surface area contributed by atoms with E-state index in [1.54, 1.807) is 0 Å². The zero-order valence-electron chi connectivity index (χ0n) is 10.3. The lowest BCUT2D eigenvalue weighted by atomic mass is 10.0. The monoisotopic (exact) mass is 210 g/mol. The molecule has 3 unspecified atom stereocenters. The molecule has 0 aromatic heterocycles. The van der Waals surface area contributed by atoms with Gasteiger partial charge < -0.3 is 5.73 Å². The fourth-order valence-corrected chi connectivity index (χ4v) is 3.23. The quantitative estimate of drug-likeness (QED) is 0.754. The van der Waals surface area contributed by atoms with E-state index < -0.39 is 0 Å². The predicted molar refractivity (Wildman–Crippen MR) is 64.7 cm³/mol. The van der Waals surface area contributed by atoms with Gasteiger partial charge in [0.1, 0.15) is 0 Å². The molecule has 0 amide bonds. The van der Waals surface area contributed by atoms with Crippen molar-refractivity contribution in [1.82, 2.24) is 4.90 Å². The first-order valence-corrected chi connectivity index (χ1v) is 6.68. The largest absolute Gasteiger partial charge is 0.329 e. The van der Waals surface area contributed by atoms with Crippen molar-refractivity contribution in [1.29, 1.82) is 0 Å². The molecule has 2 aliphatic carbocycles. The predicted octanol–water partition coefficient (Wildman–Crippen LogP) is 2.23. The van der Waals surface area contributed by atoms with E-state index in [1.165, 1.54) is 38.5 Å². The van der Waals surface area contributed by atoms with Crippen LogP contribution >= 0.6 is 0 Å². The highest BCUT2D eigenvalue weighted by molar-refractivity contribution is 4.92. The summed E-state index contributed by atoms with van der Waals surface area (Å²) in [6, 6.07) is 1.50. The molecule has 0 radical (unpaired) electrons. The highest BCUT2D eigenvalue weighted by Crippen LogP contribution is 2.38. The maximum Gasteiger partial charge on any atom is 0.0246 e. The maximum absolute atomic E-state index is 5.91. The second-order valence-corrected chi connectivity index (χ2v) is 5.55. The van der Waals surface area contributed by atoms with Gasteiger partial charge in [0, 0.05) is 18.6 Å². The van der Waals surface area contributed by atoms with Gasteiger partial charge >= 0.3 is 0 Å². The third-order valence-corrected chi connectivity index (χ3v) is 4.60. The molecule has 2 N–H and O–H groups in total. The first-order chi connectivity index (χ1) is 7.26. The van der Waals surface area contributed by atoms with Gasteiger partial charge in [-0.2, -0.15) is 0 Å². The van der Waals surface area contributed by atoms with Gasteiger partial charge in [0.05, 0.1) is 0 Å². The number of nitrogens with two attached hydrogens (primary N) is 1. The second kappa shape index (κ2) is 4.84. The molecule has 0 heterocycles. The summed E-state index contributed by atoms with van der Waals surface area (Å²) in [7, 11) is 2.30. The van der Waals surface area contributed by atoms with E-state index >= 15 is 0 Å². The first-order valence-electron chi connectivity index (χ1n) is 6.68. The van der Waals surface area contributed by atoms with Crippen LogP contribution in [0.5, 0.6) is 0 Å². The Morgan fingerprint density at radius 1 is 1.27 bits per heavy atom. The summed E-state index contributed by atoms with van der Waals surface area (Å²) in [5, 5.41) is 0. The standard InChI is InChI=1S/C13H26N2/c1-3-10-4-7-12(8-10)15(2)13(9-14)11-5-6-11/h10-13H,3-9,14H2,1-2H3. The van der Waals surface area contributed by atoms with E-state index in [9.17, 15) is 0 Å². The summed E-state index contributed by atoms with van der Waals surface area (Å²) in [5.41, 5.74) is 5.91. The fourth-order valence-electron chi connectivity index (χ4n) is 3.23. The lowest BCUT2D eigenvalue weighted by Crippen LogP contribution is -2.44. The van der Waals surface area contributed by atoms with E-state index in [1.807, 2.05) is 0 Å². The number of hydrogen-bond donors (Lipinski definition) is 1. The summed E-state index contributed by atoms with van der Waals surface area (Å²) < 4.78 is 0. The molecule has 0 aromatic rings. The van der Waals surface area contributed by atoms with Crippen LogP contribution in [-0.2, 0) is 0 Å². The van der Waals surface area contributed by atoms with Gasteiger partial charge in [-0.05, 0) is 51.0 Å². The van der Waals surface area contributed by atoms with Crippen LogP contribution < -0.4 is 5.73 Å². The molecule has 2 aliphatic rings. The smallest absolute Gasteiger partial charge is 0.0246 e. The van der Waals surface area contributed by atoms with Crippen molar-refractivity contribution in [2.75, 3.05) is 13.6 Å². The Labute approximate surface area is 94.2 Å². The Hall–Kier alpha value is -0.0800. The van der Waals surface area contributed by atoms with Crippen molar-refractivity contribution in [3.63, 3.8) is 0 Å². The van der Waals surface area contributed by atoms with Crippen molar-refractivity contribution in [3.8, 4) is 0 Å². The van der Waals surface area contributed by atoms with Crippen LogP contribution in [0.3, 0.4) is 0 Å². The van der Waals surface area contributed by atoms with Gasteiger partial charge in [-0.1, -0.05) is 13.3 Å². The fraction of sp³-hybridized carbons (Fsp3) is 1.00. The van der Waals surface area contributed by atoms with E-state index in [0.717, 1.165) is 24.4 Å². The van der Waals surface area contributed by atoms with E-state index in [4.69, 9.17) is 5.73 Å². The SMILES string of the molecule is CCC1CCC(N(C)C(CN)C2CC2)C1. The Kier molecular flexibility index (Phi) is 3.68. The Bertz CT molecular complexity index is 201. The molecule has 15 heavy (non-hydrogen) atoms. The van der Waals surface area contributed by atoms with E-state index in [0.29, 0.717) is 6.04 Å². The molecule has 2 saturated carbocycles. The third-order valence-electron chi connectivity index (χ3n) is 4.60. The number of likely N-dealkylation sites (N-methyl/N-ethyl adjacent to an activating group) is 1. The van der Waals surface area contributed by atoms with E-state index in [2.05, 4.69) is 18.9 Å². The second-order valence-electron chi connectivity index (χ2n) is 5.55. The molecular formula is C13H26N2. The Balaban J connectivity index is 1.86. The van der Waals surface area contributed by atoms with Crippen LogP contribution in [0.25, 0.3) is 0 Å². The topological polar surface area (TPSA) is 29.3 Å². The van der Waals surface area contributed by atoms with Crippen LogP contribution in [0.1, 0.15) is 45.4 Å². The minimum Gasteiger partial charge on any atom is -0.329 e. The zero-order chi connectivity index (χ0) is 10.8. The lowest BCUT2D eigenvalue weighted by molar-refractivity contribution is 0.157. The summed E-state index contributed by atoms with van der Waals surface area (Å²) >= 11 is 0. The number of hydrogen-bond acceptors (Lipinski definition) is 2. The van der Waals surface area contributed by atoms with Crippen LogP contribution in [0.2, 0.25) is 0 Å². The highest BCUT2D eigenvalue weighted by Gasteiger charge is 2.37. The summed E-state index contributed by atoms with van der Waals surface area (Å²) in [6.45, 7) is 3.18. The zero-order valence-corrected chi connectivity index (χ0v) is 10.3. The van der Waals surface area contributed by atoms with Gasteiger partial charge in [0.2, 0.25) is 0 Å². The van der Waals surface area contributed by atoms with Gasteiger partial charge in [0.15, 0.2) is 0 Å². The molecule has 3 atom stereocenters. The van der Waals surface area contributed by atoms with Gasteiger partial charge in [-0.15, -0.1) is 0 Å². The number of nitrogens with zero attached hydrogens (tertiary/aromatic N) is 1. The average Bonchev–Trinajstić information content (AvgIpc) is 2.97. The minimum atomic E-state index is 0.672. The Morgan fingerprint density at radius 2 is 2.00 bits per heavy atom. The van der Waals surface area contributed by atoms with Crippen LogP contribution in [-0.4, -0.2) is 30.6 Å². The number of rotatable bonds is 5. The molecule has 2 heteroatoms. The molecule has 0 spiro atoms. The Morgan fingerprint density at radius 3 is 2.47 bits per heavy atom. The molecule has 88 valence electrons. The maximum atomic E-state index is 5.91. The van der Waals surface area contributed by atoms with Gasteiger partial charge in [-0.25, -0.2) is 0 Å². The normalized spacial score (nSPS) is 33.6. The van der Waals surface area contributed by atoms with Gasteiger partial charge in [-0.3, -0.25) is 4.90 Å². The van der Waals surface area contributed by atoms with Crippen molar-refractivity contribution in [2.45, 2.75) is 57.5 Å². The molecule has 0 saturated heterocycles. The van der Waals surface area contributed by atoms with Crippen molar-refractivity contribution in [2.24, 2.45) is 17.6 Å². The van der Waals surface area contributed by atoms with Gasteiger partial charge in [0.25, 0.3) is 0 Å². The van der Waals surface area contributed by atoms with Crippen molar-refractivity contribution < 1.29 is 0 Å². The summed E-state index contributed by atoms with van der Waals surface area (Å²) in [4.78, 5) is 2.60. The summed E-state index contributed by atoms with van der Waals surface area (Å²) in [6.07, 6.45) is 8.44. The third kappa shape index (κ3) is 2.54. The van der Waals surface area contributed by atoms with E-state index in [-0.39, 0.29) is 0 Å².